The fourth-order valence-corrected chi connectivity index (χ4v) is 1.31. The van der Waals surface area contributed by atoms with E-state index in [1.54, 1.807) is 18.2 Å². The highest BCUT2D eigenvalue weighted by atomic mass is 16.6. The highest BCUT2D eigenvalue weighted by molar-refractivity contribution is 5.49. The molecule has 0 radical (unpaired) electrons. The molecule has 0 atom stereocenters. The van der Waals surface area contributed by atoms with Crippen LogP contribution in [-0.4, -0.2) is 31.0 Å². The molecule has 18 heavy (non-hydrogen) atoms. The minimum Gasteiger partial charge on any atom is -0.484 e. The Kier molecular flexibility index (Phi) is 6.42. The quantitative estimate of drug-likeness (QED) is 0.291. The molecule has 0 saturated carbocycles. The van der Waals surface area contributed by atoms with Crippen LogP contribution >= 0.6 is 0 Å². The number of carbonyl (C=O) groups is 1. The summed E-state index contributed by atoms with van der Waals surface area (Å²) in [5, 5.41) is 10.7. The molecule has 0 fully saturated rings. The van der Waals surface area contributed by atoms with Crippen molar-refractivity contribution in [3.05, 3.63) is 34.4 Å². The lowest BCUT2D eigenvalue weighted by Crippen LogP contribution is -2.08. The maximum atomic E-state index is 10.7. The van der Waals surface area contributed by atoms with Gasteiger partial charge in [0.1, 0.15) is 12.9 Å². The van der Waals surface area contributed by atoms with Crippen LogP contribution in [0.5, 0.6) is 5.75 Å². The summed E-state index contributed by atoms with van der Waals surface area (Å²) in [6.45, 7) is 1.07. The van der Waals surface area contributed by atoms with Crippen LogP contribution < -0.4 is 4.74 Å². The van der Waals surface area contributed by atoms with Crippen LogP contribution in [0.3, 0.4) is 0 Å². The molecule has 6 heteroatoms. The average molecular weight is 253 g/mol. The third-order valence-electron chi connectivity index (χ3n) is 2.16. The number of carbonyl (C=O) groups excluding carboxylic acids is 1. The smallest absolute Gasteiger partial charge is 0.310 e. The number of ether oxygens (including phenoxy) is 2. The van der Waals surface area contributed by atoms with Crippen LogP contribution in [0.15, 0.2) is 24.3 Å². The highest BCUT2D eigenvalue weighted by Gasteiger charge is 2.12. The fourth-order valence-electron chi connectivity index (χ4n) is 1.31. The highest BCUT2D eigenvalue weighted by Crippen LogP contribution is 2.25. The third-order valence-corrected chi connectivity index (χ3v) is 2.16. The molecule has 0 N–H and O–H groups in total. The topological polar surface area (TPSA) is 78.7 Å². The zero-order chi connectivity index (χ0) is 13.2. The Hall–Kier alpha value is -1.95. The molecule has 0 amide bonds. The van der Waals surface area contributed by atoms with E-state index >= 15 is 0 Å². The largest absolute Gasteiger partial charge is 0.484 e. The first-order chi connectivity index (χ1) is 8.75. The number of hydrogen-bond acceptors (Lipinski definition) is 5. The van der Waals surface area contributed by atoms with Crippen molar-refractivity contribution in [3.8, 4) is 5.75 Å². The molecule has 1 rings (SSSR count). The molecule has 0 aliphatic carbocycles. The first-order valence-corrected chi connectivity index (χ1v) is 5.63. The number of aldehydes is 1. The Morgan fingerprint density at radius 2 is 2.00 bits per heavy atom. The van der Waals surface area contributed by atoms with Gasteiger partial charge in [0.25, 0.3) is 0 Å². The van der Waals surface area contributed by atoms with Gasteiger partial charge in [-0.25, -0.2) is 0 Å². The van der Waals surface area contributed by atoms with Gasteiger partial charge >= 0.3 is 5.69 Å². The van der Waals surface area contributed by atoms with Gasteiger partial charge in [-0.1, -0.05) is 12.1 Å². The van der Waals surface area contributed by atoms with E-state index in [1.165, 1.54) is 6.07 Å². The van der Waals surface area contributed by atoms with Crippen molar-refractivity contribution < 1.29 is 19.2 Å². The second-order valence-corrected chi connectivity index (χ2v) is 3.49. The summed E-state index contributed by atoms with van der Waals surface area (Å²) < 4.78 is 10.5. The van der Waals surface area contributed by atoms with Crippen LogP contribution in [0, 0.1) is 10.1 Å². The molecule has 0 aliphatic rings. The Balaban J connectivity index is 2.27. The predicted octanol–water partition coefficient (Wildman–Crippen LogP) is 1.97. The van der Waals surface area contributed by atoms with E-state index in [0.29, 0.717) is 26.1 Å². The van der Waals surface area contributed by atoms with E-state index in [1.807, 2.05) is 0 Å². The Labute approximate surface area is 105 Å². The van der Waals surface area contributed by atoms with Crippen LogP contribution in [0.25, 0.3) is 0 Å². The standard InChI is InChI=1S/C12H15NO5/c14-7-3-4-8-17-9-10-18-12-6-2-1-5-11(12)13(15)16/h1-2,5-7H,3-4,8-10H2. The second-order valence-electron chi connectivity index (χ2n) is 3.49. The van der Waals surface area contributed by atoms with E-state index < -0.39 is 4.92 Å². The van der Waals surface area contributed by atoms with E-state index in [4.69, 9.17) is 9.47 Å². The summed E-state index contributed by atoms with van der Waals surface area (Å²) in [6, 6.07) is 6.19. The number of rotatable bonds is 9. The number of nitro benzene ring substituents is 1. The first-order valence-electron chi connectivity index (χ1n) is 5.63. The first kappa shape index (κ1) is 14.1. The summed E-state index contributed by atoms with van der Waals surface area (Å²) in [7, 11) is 0. The van der Waals surface area contributed by atoms with E-state index in [-0.39, 0.29) is 18.0 Å². The van der Waals surface area contributed by atoms with Gasteiger partial charge in [-0.15, -0.1) is 0 Å². The molecule has 0 aliphatic heterocycles. The summed E-state index contributed by atoms with van der Waals surface area (Å²) in [5.41, 5.74) is -0.0570. The summed E-state index contributed by atoms with van der Waals surface area (Å²) in [6.07, 6.45) is 1.99. The van der Waals surface area contributed by atoms with Gasteiger partial charge in [0, 0.05) is 19.1 Å². The number of para-hydroxylation sites is 2. The van der Waals surface area contributed by atoms with Crippen molar-refractivity contribution >= 4 is 12.0 Å². The average Bonchev–Trinajstić information content (AvgIpc) is 2.38. The monoisotopic (exact) mass is 253 g/mol. The Bertz CT molecular complexity index is 394. The fraction of sp³-hybridized carbons (Fsp3) is 0.417. The van der Waals surface area contributed by atoms with Gasteiger partial charge in [0.2, 0.25) is 0 Å². The van der Waals surface area contributed by atoms with Gasteiger partial charge in [-0.2, -0.15) is 0 Å². The molecule has 1 aromatic carbocycles. The van der Waals surface area contributed by atoms with Crippen molar-refractivity contribution in [1.82, 2.24) is 0 Å². The van der Waals surface area contributed by atoms with Gasteiger partial charge in [-0.3, -0.25) is 10.1 Å². The SMILES string of the molecule is O=CCCCOCCOc1ccccc1[N+](=O)[O-]. The molecule has 0 spiro atoms. The zero-order valence-corrected chi connectivity index (χ0v) is 9.91. The van der Waals surface area contributed by atoms with Crippen LogP contribution in [0.2, 0.25) is 0 Å². The van der Waals surface area contributed by atoms with Crippen LogP contribution in [0.4, 0.5) is 5.69 Å². The minimum atomic E-state index is -0.486. The molecular formula is C12H15NO5. The van der Waals surface area contributed by atoms with Gasteiger partial charge < -0.3 is 14.3 Å². The summed E-state index contributed by atoms with van der Waals surface area (Å²) in [5.74, 6) is 0.235. The molecule has 0 heterocycles. The van der Waals surface area contributed by atoms with Crippen molar-refractivity contribution in [2.45, 2.75) is 12.8 Å². The summed E-state index contributed by atoms with van der Waals surface area (Å²) >= 11 is 0. The third kappa shape index (κ3) is 4.92. The predicted molar refractivity (Wildman–Crippen MR) is 64.7 cm³/mol. The lowest BCUT2D eigenvalue weighted by atomic mass is 10.3. The molecule has 6 nitrogen and oxygen atoms in total. The number of nitro groups is 1. The molecule has 0 saturated heterocycles. The second kappa shape index (κ2) is 8.19. The normalized spacial score (nSPS) is 10.0. The van der Waals surface area contributed by atoms with Crippen LogP contribution in [-0.2, 0) is 9.53 Å². The van der Waals surface area contributed by atoms with Gasteiger partial charge in [0.05, 0.1) is 11.5 Å². The molecule has 0 aromatic heterocycles. The molecular weight excluding hydrogens is 238 g/mol. The van der Waals surface area contributed by atoms with Crippen molar-refractivity contribution in [2.24, 2.45) is 0 Å². The van der Waals surface area contributed by atoms with Crippen molar-refractivity contribution in [1.29, 1.82) is 0 Å². The molecule has 0 unspecified atom stereocenters. The Morgan fingerprint density at radius 1 is 1.22 bits per heavy atom. The summed E-state index contributed by atoms with van der Waals surface area (Å²) in [4.78, 5) is 20.2. The van der Waals surface area contributed by atoms with E-state index in [2.05, 4.69) is 0 Å². The van der Waals surface area contributed by atoms with E-state index in [0.717, 1.165) is 6.29 Å². The van der Waals surface area contributed by atoms with Gasteiger partial charge in [-0.05, 0) is 12.5 Å². The number of hydrogen-bond donors (Lipinski definition) is 0. The lowest BCUT2D eigenvalue weighted by molar-refractivity contribution is -0.385. The molecule has 0 bridgehead atoms. The molecule has 1 aromatic rings. The van der Waals surface area contributed by atoms with E-state index in [9.17, 15) is 14.9 Å². The number of nitrogens with zero attached hydrogens (tertiary/aromatic N) is 1. The maximum absolute atomic E-state index is 10.7. The number of benzene rings is 1. The Morgan fingerprint density at radius 3 is 2.72 bits per heavy atom. The molecule has 98 valence electrons. The minimum absolute atomic E-state index is 0.0570. The lowest BCUT2D eigenvalue weighted by Gasteiger charge is -2.06. The zero-order valence-electron chi connectivity index (χ0n) is 9.91. The maximum Gasteiger partial charge on any atom is 0.310 e. The van der Waals surface area contributed by atoms with Gasteiger partial charge in [0.15, 0.2) is 5.75 Å². The van der Waals surface area contributed by atoms with Crippen molar-refractivity contribution in [3.63, 3.8) is 0 Å². The van der Waals surface area contributed by atoms with Crippen molar-refractivity contribution in [2.75, 3.05) is 19.8 Å². The number of unbranched alkanes of at least 4 members (excludes halogenated alkanes) is 1. The van der Waals surface area contributed by atoms with Crippen LogP contribution in [0.1, 0.15) is 12.8 Å².